The zero-order chi connectivity index (χ0) is 20.7. The summed E-state index contributed by atoms with van der Waals surface area (Å²) in [7, 11) is 0. The minimum Gasteiger partial charge on any atom is -1.00 e. The van der Waals surface area contributed by atoms with E-state index in [9.17, 15) is 4.79 Å². The lowest BCUT2D eigenvalue weighted by atomic mass is 10.00. The predicted molar refractivity (Wildman–Crippen MR) is 118 cm³/mol. The molecule has 0 radical (unpaired) electrons. The minimum absolute atomic E-state index is 0. The SMILES string of the molecule is Cc1sc(C)c(-c2oc(=O)oc2-c2c(C)sc(C)c2C[n+]2ccccc2)c1CCl.[Cl-]. The van der Waals surface area contributed by atoms with Crippen molar-refractivity contribution in [1.29, 1.82) is 0 Å². The second-order valence-corrected chi connectivity index (χ2v) is 10.1. The lowest BCUT2D eigenvalue weighted by Gasteiger charge is -2.06. The van der Waals surface area contributed by atoms with Crippen LogP contribution in [-0.4, -0.2) is 0 Å². The molecule has 0 atom stereocenters. The number of nitrogens with zero attached hydrogens (tertiary/aromatic N) is 1. The van der Waals surface area contributed by atoms with Crippen molar-refractivity contribution in [3.8, 4) is 22.6 Å². The van der Waals surface area contributed by atoms with Gasteiger partial charge in [0, 0.05) is 54.2 Å². The highest BCUT2D eigenvalue weighted by atomic mass is 35.5. The molecule has 8 heteroatoms. The van der Waals surface area contributed by atoms with Gasteiger partial charge in [0.05, 0.1) is 0 Å². The van der Waals surface area contributed by atoms with E-state index in [1.807, 2.05) is 44.4 Å². The Labute approximate surface area is 194 Å². The Kier molecular flexibility index (Phi) is 6.92. The van der Waals surface area contributed by atoms with Crippen LogP contribution in [0.15, 0.2) is 44.2 Å². The highest BCUT2D eigenvalue weighted by molar-refractivity contribution is 7.13. The van der Waals surface area contributed by atoms with Gasteiger partial charge in [-0.05, 0) is 33.3 Å². The molecular formula is C22H21Cl2NO3S2. The molecule has 4 heterocycles. The van der Waals surface area contributed by atoms with Crippen molar-refractivity contribution in [2.24, 2.45) is 0 Å². The molecule has 0 saturated heterocycles. The number of pyridine rings is 1. The number of aryl methyl sites for hydroxylation is 4. The van der Waals surface area contributed by atoms with E-state index >= 15 is 0 Å². The van der Waals surface area contributed by atoms with E-state index in [2.05, 4.69) is 18.4 Å². The highest BCUT2D eigenvalue weighted by Gasteiger charge is 2.29. The van der Waals surface area contributed by atoms with Crippen molar-refractivity contribution in [1.82, 2.24) is 0 Å². The summed E-state index contributed by atoms with van der Waals surface area (Å²) in [4.78, 5) is 16.7. The molecule has 0 bridgehead atoms. The summed E-state index contributed by atoms with van der Waals surface area (Å²) >= 11 is 9.59. The smallest absolute Gasteiger partial charge is 0.519 e. The fourth-order valence-corrected chi connectivity index (χ4v) is 6.29. The standard InChI is InChI=1S/C22H21ClNO3S2.ClH/c1-12-16(10-23)18(14(3)28-12)20-21(27-22(25)26-20)19-15(4)29-13(2)17(19)11-24-8-6-5-7-9-24;/h5-9H,10-11H2,1-4H3;1H/q+1;/p-1. The number of rotatable bonds is 5. The number of thiophene rings is 2. The zero-order valence-electron chi connectivity index (χ0n) is 17.0. The van der Waals surface area contributed by atoms with Crippen LogP contribution in [-0.2, 0) is 12.4 Å². The van der Waals surface area contributed by atoms with Crippen LogP contribution < -0.4 is 22.8 Å². The van der Waals surface area contributed by atoms with Gasteiger partial charge in [-0.1, -0.05) is 6.07 Å². The van der Waals surface area contributed by atoms with Crippen LogP contribution in [0.5, 0.6) is 0 Å². The Morgan fingerprint density at radius 1 is 0.833 bits per heavy atom. The average Bonchev–Trinajstić information content (AvgIpc) is 3.28. The van der Waals surface area contributed by atoms with Gasteiger partial charge in [0.15, 0.2) is 30.5 Å². The first kappa shape index (κ1) is 22.8. The summed E-state index contributed by atoms with van der Waals surface area (Å²) in [5.41, 5.74) is 3.94. The predicted octanol–water partition coefficient (Wildman–Crippen LogP) is 3.00. The van der Waals surface area contributed by atoms with Crippen LogP contribution in [0.25, 0.3) is 22.6 Å². The zero-order valence-corrected chi connectivity index (χ0v) is 20.2. The van der Waals surface area contributed by atoms with Gasteiger partial charge in [0.1, 0.15) is 0 Å². The van der Waals surface area contributed by atoms with Gasteiger partial charge in [-0.2, -0.15) is 0 Å². The highest BCUT2D eigenvalue weighted by Crippen LogP contribution is 2.44. The summed E-state index contributed by atoms with van der Waals surface area (Å²) in [6.45, 7) is 8.89. The molecule has 0 amide bonds. The quantitative estimate of drug-likeness (QED) is 0.325. The first-order valence-corrected chi connectivity index (χ1v) is 11.4. The lowest BCUT2D eigenvalue weighted by Crippen LogP contribution is -3.00. The van der Waals surface area contributed by atoms with Gasteiger partial charge in [-0.3, -0.25) is 0 Å². The van der Waals surface area contributed by atoms with Crippen LogP contribution in [0.3, 0.4) is 0 Å². The van der Waals surface area contributed by atoms with Crippen molar-refractivity contribution >= 4 is 34.3 Å². The van der Waals surface area contributed by atoms with Crippen LogP contribution in [0, 0.1) is 27.7 Å². The Morgan fingerprint density at radius 3 is 1.87 bits per heavy atom. The second-order valence-electron chi connectivity index (χ2n) is 6.93. The molecule has 0 spiro atoms. The van der Waals surface area contributed by atoms with E-state index in [1.54, 1.807) is 22.7 Å². The van der Waals surface area contributed by atoms with Crippen molar-refractivity contribution in [2.45, 2.75) is 40.1 Å². The van der Waals surface area contributed by atoms with Gasteiger partial charge >= 0.3 is 5.82 Å². The largest absolute Gasteiger partial charge is 1.00 e. The third-order valence-corrected chi connectivity index (χ3v) is 7.45. The lowest BCUT2D eigenvalue weighted by molar-refractivity contribution is -0.688. The first-order valence-electron chi connectivity index (χ1n) is 9.23. The Bertz CT molecular complexity index is 1240. The first-order chi connectivity index (χ1) is 13.9. The van der Waals surface area contributed by atoms with E-state index in [-0.39, 0.29) is 12.4 Å². The van der Waals surface area contributed by atoms with Crippen LogP contribution in [0.2, 0.25) is 0 Å². The number of aromatic nitrogens is 1. The Morgan fingerprint density at radius 2 is 1.33 bits per heavy atom. The molecule has 4 rings (SSSR count). The number of alkyl halides is 1. The fraction of sp³-hybridized carbons (Fsp3) is 0.273. The molecule has 0 aliphatic carbocycles. The summed E-state index contributed by atoms with van der Waals surface area (Å²) in [6, 6.07) is 6.00. The number of hydrogen-bond donors (Lipinski definition) is 0. The van der Waals surface area contributed by atoms with Gasteiger partial charge < -0.3 is 21.2 Å². The van der Waals surface area contributed by atoms with Gasteiger partial charge in [0.2, 0.25) is 0 Å². The summed E-state index contributed by atoms with van der Waals surface area (Å²) in [6.07, 6.45) is 4.06. The molecular weight excluding hydrogens is 461 g/mol. The summed E-state index contributed by atoms with van der Waals surface area (Å²) in [5, 5.41) is 0. The molecule has 4 aromatic heterocycles. The molecule has 4 nitrogen and oxygen atoms in total. The third-order valence-electron chi connectivity index (χ3n) is 5.05. The molecule has 0 aromatic carbocycles. The van der Waals surface area contributed by atoms with E-state index in [1.165, 1.54) is 4.88 Å². The molecule has 4 aromatic rings. The maximum atomic E-state index is 12.2. The minimum atomic E-state index is -0.694. The molecule has 0 saturated carbocycles. The topological polar surface area (TPSA) is 47.2 Å². The second kappa shape index (κ2) is 9.10. The van der Waals surface area contributed by atoms with Gasteiger partial charge in [-0.25, -0.2) is 9.36 Å². The van der Waals surface area contributed by atoms with Crippen LogP contribution in [0.1, 0.15) is 30.6 Å². The monoisotopic (exact) mass is 481 g/mol. The molecule has 0 unspecified atom stereocenters. The number of hydrogen-bond acceptors (Lipinski definition) is 5. The molecule has 158 valence electrons. The maximum absolute atomic E-state index is 12.2. The molecule has 0 fully saturated rings. The maximum Gasteiger partial charge on any atom is 0.519 e. The van der Waals surface area contributed by atoms with E-state index in [0.717, 1.165) is 36.9 Å². The van der Waals surface area contributed by atoms with E-state index in [4.69, 9.17) is 20.4 Å². The normalized spacial score (nSPS) is 11.0. The molecule has 0 aliphatic rings. The summed E-state index contributed by atoms with van der Waals surface area (Å²) < 4.78 is 13.3. The third kappa shape index (κ3) is 4.02. The summed E-state index contributed by atoms with van der Waals surface area (Å²) in [5.74, 6) is 0.637. The molecule has 0 aliphatic heterocycles. The van der Waals surface area contributed by atoms with Crippen molar-refractivity contribution in [2.75, 3.05) is 0 Å². The number of halogens is 2. The van der Waals surface area contributed by atoms with Crippen LogP contribution in [0.4, 0.5) is 0 Å². The Balaban J connectivity index is 0.00000256. The molecule has 30 heavy (non-hydrogen) atoms. The van der Waals surface area contributed by atoms with Crippen molar-refractivity contribution < 1.29 is 25.8 Å². The van der Waals surface area contributed by atoms with Crippen LogP contribution >= 0.6 is 34.3 Å². The van der Waals surface area contributed by atoms with Crippen molar-refractivity contribution in [3.63, 3.8) is 0 Å². The Hall–Kier alpha value is -1.86. The van der Waals surface area contributed by atoms with Gasteiger partial charge in [0.25, 0.3) is 0 Å². The molecule has 0 N–H and O–H groups in total. The van der Waals surface area contributed by atoms with Crippen molar-refractivity contribution in [3.05, 3.63) is 71.8 Å². The van der Waals surface area contributed by atoms with Gasteiger partial charge in [-0.15, -0.1) is 34.3 Å². The average molecular weight is 482 g/mol. The van der Waals surface area contributed by atoms with E-state index < -0.39 is 5.82 Å². The van der Waals surface area contributed by atoms with E-state index in [0.29, 0.717) is 23.9 Å². The fourth-order valence-electron chi connectivity index (χ4n) is 3.74.